The standard InChI is InChI=1S/C12H15FN2O/c1-8(2)12(16)10(14)7-6-9-4-3-5-11(13)15-9/h3-5,8,14H,6-7H2,1-2H3. The van der Waals surface area contributed by atoms with E-state index in [4.69, 9.17) is 5.41 Å². The summed E-state index contributed by atoms with van der Waals surface area (Å²) in [5.74, 6) is -0.844. The number of hydrogen-bond acceptors (Lipinski definition) is 3. The number of nitrogens with one attached hydrogen (secondary N) is 1. The number of rotatable bonds is 5. The Morgan fingerprint density at radius 1 is 1.50 bits per heavy atom. The second-order valence-corrected chi connectivity index (χ2v) is 3.95. The topological polar surface area (TPSA) is 53.8 Å². The van der Waals surface area contributed by atoms with Crippen LogP contribution in [0.15, 0.2) is 18.2 Å². The molecule has 0 saturated carbocycles. The molecule has 0 aliphatic heterocycles. The third kappa shape index (κ3) is 3.53. The molecule has 0 unspecified atom stereocenters. The van der Waals surface area contributed by atoms with Crippen LogP contribution in [0.5, 0.6) is 0 Å². The summed E-state index contributed by atoms with van der Waals surface area (Å²) in [4.78, 5) is 15.1. The number of aromatic nitrogens is 1. The fourth-order valence-electron chi connectivity index (χ4n) is 1.31. The van der Waals surface area contributed by atoms with Gasteiger partial charge in [-0.25, -0.2) is 4.98 Å². The van der Waals surface area contributed by atoms with Crippen molar-refractivity contribution in [1.29, 1.82) is 5.41 Å². The van der Waals surface area contributed by atoms with Crippen LogP contribution in [0.25, 0.3) is 0 Å². The minimum Gasteiger partial charge on any atom is -0.302 e. The molecule has 1 aromatic heterocycles. The third-order valence-corrected chi connectivity index (χ3v) is 2.23. The molecule has 1 aromatic rings. The fourth-order valence-corrected chi connectivity index (χ4v) is 1.31. The zero-order valence-corrected chi connectivity index (χ0v) is 9.46. The quantitative estimate of drug-likeness (QED) is 0.614. The van der Waals surface area contributed by atoms with E-state index in [9.17, 15) is 9.18 Å². The molecule has 0 aliphatic rings. The van der Waals surface area contributed by atoms with E-state index in [1.807, 2.05) is 0 Å². The molecule has 0 amide bonds. The monoisotopic (exact) mass is 222 g/mol. The van der Waals surface area contributed by atoms with Crippen LogP contribution >= 0.6 is 0 Å². The van der Waals surface area contributed by atoms with Gasteiger partial charge in [-0.15, -0.1) is 0 Å². The zero-order valence-electron chi connectivity index (χ0n) is 9.46. The maximum atomic E-state index is 12.7. The number of carbonyl (C=O) groups excluding carboxylic acids is 1. The molecule has 16 heavy (non-hydrogen) atoms. The fraction of sp³-hybridized carbons (Fsp3) is 0.417. The Bertz CT molecular complexity index is 402. The van der Waals surface area contributed by atoms with Crippen molar-refractivity contribution >= 4 is 11.5 Å². The van der Waals surface area contributed by atoms with Crippen molar-refractivity contribution in [2.24, 2.45) is 5.92 Å². The van der Waals surface area contributed by atoms with Crippen LogP contribution in [0.3, 0.4) is 0 Å². The minimum absolute atomic E-state index is 0.0843. The number of nitrogens with zero attached hydrogens (tertiary/aromatic N) is 1. The number of aryl methyl sites for hydroxylation is 1. The van der Waals surface area contributed by atoms with Gasteiger partial charge >= 0.3 is 0 Å². The Morgan fingerprint density at radius 2 is 2.19 bits per heavy atom. The normalized spacial score (nSPS) is 10.5. The van der Waals surface area contributed by atoms with E-state index in [-0.39, 0.29) is 17.4 Å². The molecule has 1 N–H and O–H groups in total. The average molecular weight is 222 g/mol. The number of hydrogen-bond donors (Lipinski definition) is 1. The molecule has 0 saturated heterocycles. The summed E-state index contributed by atoms with van der Waals surface area (Å²) in [6.07, 6.45) is 0.739. The van der Waals surface area contributed by atoms with Crippen LogP contribution in [-0.4, -0.2) is 16.5 Å². The highest BCUT2D eigenvalue weighted by molar-refractivity contribution is 6.39. The molecule has 86 valence electrons. The van der Waals surface area contributed by atoms with Gasteiger partial charge in [0.25, 0.3) is 0 Å². The first-order chi connectivity index (χ1) is 7.50. The predicted octanol–water partition coefficient (Wildman–Crippen LogP) is 2.40. The first-order valence-electron chi connectivity index (χ1n) is 5.23. The molecule has 0 spiro atoms. The highest BCUT2D eigenvalue weighted by atomic mass is 19.1. The second-order valence-electron chi connectivity index (χ2n) is 3.95. The number of halogens is 1. The molecule has 0 atom stereocenters. The summed E-state index contributed by atoms with van der Waals surface area (Å²) in [6, 6.07) is 4.54. The van der Waals surface area contributed by atoms with Gasteiger partial charge in [0.05, 0.1) is 5.71 Å². The van der Waals surface area contributed by atoms with E-state index >= 15 is 0 Å². The molecule has 1 rings (SSSR count). The molecule has 1 heterocycles. The summed E-state index contributed by atoms with van der Waals surface area (Å²) in [7, 11) is 0. The van der Waals surface area contributed by atoms with Crippen LogP contribution in [0, 0.1) is 17.3 Å². The summed E-state index contributed by atoms with van der Waals surface area (Å²) >= 11 is 0. The summed E-state index contributed by atoms with van der Waals surface area (Å²) in [6.45, 7) is 3.52. The van der Waals surface area contributed by atoms with Gasteiger partial charge in [-0.05, 0) is 25.0 Å². The van der Waals surface area contributed by atoms with E-state index in [1.54, 1.807) is 26.0 Å². The van der Waals surface area contributed by atoms with Crippen molar-refractivity contribution in [3.63, 3.8) is 0 Å². The number of ketones is 1. The lowest BCUT2D eigenvalue weighted by molar-refractivity contribution is -0.115. The van der Waals surface area contributed by atoms with Gasteiger partial charge in [-0.1, -0.05) is 19.9 Å². The first-order valence-corrected chi connectivity index (χ1v) is 5.23. The highest BCUT2D eigenvalue weighted by Crippen LogP contribution is 2.05. The van der Waals surface area contributed by atoms with Crippen molar-refractivity contribution in [2.75, 3.05) is 0 Å². The van der Waals surface area contributed by atoms with Crippen LogP contribution in [-0.2, 0) is 11.2 Å². The van der Waals surface area contributed by atoms with Crippen molar-refractivity contribution in [2.45, 2.75) is 26.7 Å². The summed E-state index contributed by atoms with van der Waals surface area (Å²) in [5, 5.41) is 7.56. The SMILES string of the molecule is CC(C)C(=O)C(=N)CCc1cccc(F)n1. The molecular weight excluding hydrogens is 207 g/mol. The van der Waals surface area contributed by atoms with E-state index < -0.39 is 5.95 Å². The number of pyridine rings is 1. The molecule has 0 bridgehead atoms. The van der Waals surface area contributed by atoms with E-state index in [1.165, 1.54) is 6.07 Å². The molecule has 4 heteroatoms. The Balaban J connectivity index is 2.52. The van der Waals surface area contributed by atoms with Crippen LogP contribution in [0.1, 0.15) is 26.0 Å². The van der Waals surface area contributed by atoms with Gasteiger partial charge < -0.3 is 5.41 Å². The van der Waals surface area contributed by atoms with Gasteiger partial charge in [-0.3, -0.25) is 4.79 Å². The molecule has 0 aromatic carbocycles. The van der Waals surface area contributed by atoms with Crippen molar-refractivity contribution in [3.8, 4) is 0 Å². The lowest BCUT2D eigenvalue weighted by Gasteiger charge is -2.05. The average Bonchev–Trinajstić information content (AvgIpc) is 2.24. The zero-order chi connectivity index (χ0) is 12.1. The van der Waals surface area contributed by atoms with Gasteiger partial charge in [0.1, 0.15) is 0 Å². The van der Waals surface area contributed by atoms with Crippen LogP contribution < -0.4 is 0 Å². The van der Waals surface area contributed by atoms with E-state index in [0.29, 0.717) is 18.5 Å². The van der Waals surface area contributed by atoms with E-state index in [0.717, 1.165) is 0 Å². The lowest BCUT2D eigenvalue weighted by atomic mass is 10.0. The number of carbonyl (C=O) groups is 1. The Hall–Kier alpha value is -1.58. The van der Waals surface area contributed by atoms with Gasteiger partial charge in [0, 0.05) is 11.6 Å². The first kappa shape index (κ1) is 12.5. The van der Waals surface area contributed by atoms with Crippen LogP contribution in [0.4, 0.5) is 4.39 Å². The molecular formula is C12H15FN2O. The van der Waals surface area contributed by atoms with Crippen LogP contribution in [0.2, 0.25) is 0 Å². The molecule has 3 nitrogen and oxygen atoms in total. The third-order valence-electron chi connectivity index (χ3n) is 2.23. The molecule has 0 aliphatic carbocycles. The number of Topliss-reactive ketones (excluding diaryl/α,β-unsaturated/α-hetero) is 1. The molecule has 0 fully saturated rings. The summed E-state index contributed by atoms with van der Waals surface area (Å²) < 4.78 is 12.7. The Morgan fingerprint density at radius 3 is 2.75 bits per heavy atom. The van der Waals surface area contributed by atoms with Crippen molar-refractivity contribution in [1.82, 2.24) is 4.98 Å². The predicted molar refractivity (Wildman–Crippen MR) is 60.1 cm³/mol. The highest BCUT2D eigenvalue weighted by Gasteiger charge is 2.13. The maximum Gasteiger partial charge on any atom is 0.213 e. The van der Waals surface area contributed by atoms with Gasteiger partial charge in [0.15, 0.2) is 5.78 Å². The largest absolute Gasteiger partial charge is 0.302 e. The second kappa shape index (κ2) is 5.49. The minimum atomic E-state index is -0.529. The smallest absolute Gasteiger partial charge is 0.213 e. The van der Waals surface area contributed by atoms with Gasteiger partial charge in [0.2, 0.25) is 5.95 Å². The Kier molecular flexibility index (Phi) is 4.28. The summed E-state index contributed by atoms with van der Waals surface area (Å²) in [5.41, 5.74) is 0.655. The van der Waals surface area contributed by atoms with Crippen molar-refractivity contribution < 1.29 is 9.18 Å². The Labute approximate surface area is 94.2 Å². The van der Waals surface area contributed by atoms with Crippen molar-refractivity contribution in [3.05, 3.63) is 29.8 Å². The molecule has 0 radical (unpaired) electrons. The van der Waals surface area contributed by atoms with E-state index in [2.05, 4.69) is 4.98 Å². The maximum absolute atomic E-state index is 12.7. The lowest BCUT2D eigenvalue weighted by Crippen LogP contribution is -2.19. The van der Waals surface area contributed by atoms with Gasteiger partial charge in [-0.2, -0.15) is 4.39 Å².